The first kappa shape index (κ1) is 30.7. The van der Waals surface area contributed by atoms with Crippen molar-refractivity contribution in [2.45, 2.75) is 25.6 Å². The molecule has 0 aliphatic carbocycles. The maximum atomic E-state index is 16.0. The van der Waals surface area contributed by atoms with Gasteiger partial charge in [0.05, 0.1) is 49.7 Å². The van der Waals surface area contributed by atoms with Gasteiger partial charge in [0.1, 0.15) is 41.2 Å². The largest absolute Gasteiger partial charge is 0.490 e. The Morgan fingerprint density at radius 1 is 1.11 bits per heavy atom. The Morgan fingerprint density at radius 3 is 2.63 bits per heavy atom. The number of amides is 1. The second kappa shape index (κ2) is 12.7. The Labute approximate surface area is 269 Å². The molecule has 7 rings (SSSR count). The topological polar surface area (TPSA) is 85.2 Å². The number of fused-ring (bicyclic) bond motifs is 2. The van der Waals surface area contributed by atoms with Crippen molar-refractivity contribution in [3.8, 4) is 28.3 Å². The summed E-state index contributed by atoms with van der Waals surface area (Å²) in [6.45, 7) is 11.8. The number of carbonyl (C=O) groups excluding carboxylic acids is 1. The Hall–Kier alpha value is -3.91. The predicted octanol–water partition coefficient (Wildman–Crippen LogP) is 4.74. The number of methoxy groups -OCH3 is 1. The maximum absolute atomic E-state index is 16.0. The highest BCUT2D eigenvalue weighted by Crippen LogP contribution is 2.47. The molecule has 6 heterocycles. The summed E-state index contributed by atoms with van der Waals surface area (Å²) in [6, 6.07) is 6.20. The number of anilines is 1. The van der Waals surface area contributed by atoms with Crippen LogP contribution >= 0.6 is 11.3 Å². The van der Waals surface area contributed by atoms with Crippen LogP contribution in [-0.2, 0) is 20.8 Å². The number of halogens is 2. The van der Waals surface area contributed by atoms with Crippen molar-refractivity contribution in [3.63, 3.8) is 0 Å². The van der Waals surface area contributed by atoms with Crippen LogP contribution in [0, 0.1) is 11.6 Å². The fourth-order valence-corrected chi connectivity index (χ4v) is 7.52. The average Bonchev–Trinajstić information content (AvgIpc) is 3.69. The number of rotatable bonds is 9. The van der Waals surface area contributed by atoms with Crippen LogP contribution in [0.15, 0.2) is 42.3 Å². The molecule has 3 aromatic heterocycles. The van der Waals surface area contributed by atoms with Gasteiger partial charge in [0.15, 0.2) is 0 Å². The molecule has 0 bridgehead atoms. The number of aromatic nitrogens is 3. The van der Waals surface area contributed by atoms with Crippen molar-refractivity contribution in [1.82, 2.24) is 24.6 Å². The first-order chi connectivity index (χ1) is 22.4. The number of piperazine rings is 1. The quantitative estimate of drug-likeness (QED) is 0.190. The minimum absolute atomic E-state index is 0.0662. The van der Waals surface area contributed by atoms with Crippen molar-refractivity contribution in [2.75, 3.05) is 71.2 Å². The van der Waals surface area contributed by atoms with Gasteiger partial charge in [-0.1, -0.05) is 6.58 Å². The van der Waals surface area contributed by atoms with E-state index >= 15 is 4.39 Å². The van der Waals surface area contributed by atoms with Crippen molar-refractivity contribution in [3.05, 3.63) is 59.6 Å². The third-order valence-corrected chi connectivity index (χ3v) is 10.0. The maximum Gasteiger partial charge on any atom is 0.246 e. The monoisotopic (exact) mass is 650 g/mol. The summed E-state index contributed by atoms with van der Waals surface area (Å²) < 4.78 is 49.8. The van der Waals surface area contributed by atoms with Gasteiger partial charge >= 0.3 is 0 Å². The van der Waals surface area contributed by atoms with Crippen LogP contribution in [-0.4, -0.2) is 103 Å². The summed E-state index contributed by atoms with van der Waals surface area (Å²) in [7, 11) is 1.54. The second-order valence-corrected chi connectivity index (χ2v) is 12.6. The van der Waals surface area contributed by atoms with E-state index in [1.165, 1.54) is 30.6 Å². The molecule has 1 amide bonds. The van der Waals surface area contributed by atoms with Crippen molar-refractivity contribution in [1.29, 1.82) is 0 Å². The smallest absolute Gasteiger partial charge is 0.246 e. The number of hydrogen-bond donors (Lipinski definition) is 0. The molecule has 3 aliphatic heterocycles. The van der Waals surface area contributed by atoms with E-state index in [-0.39, 0.29) is 36.5 Å². The molecule has 13 heteroatoms. The van der Waals surface area contributed by atoms with Gasteiger partial charge in [-0.05, 0) is 30.5 Å². The van der Waals surface area contributed by atoms with Gasteiger partial charge in [-0.3, -0.25) is 14.4 Å². The molecule has 3 aliphatic rings. The first-order valence-electron chi connectivity index (χ1n) is 15.5. The van der Waals surface area contributed by atoms with Gasteiger partial charge in [-0.15, -0.1) is 11.3 Å². The Morgan fingerprint density at radius 2 is 1.91 bits per heavy atom. The minimum Gasteiger partial charge on any atom is -0.490 e. The first-order valence-corrected chi connectivity index (χ1v) is 16.4. The third kappa shape index (κ3) is 5.44. The predicted molar refractivity (Wildman–Crippen MR) is 172 cm³/mol. The van der Waals surface area contributed by atoms with E-state index in [2.05, 4.69) is 16.4 Å². The number of ether oxygens (including phenoxy) is 3. The van der Waals surface area contributed by atoms with Crippen molar-refractivity contribution < 1.29 is 27.8 Å². The third-order valence-electron chi connectivity index (χ3n) is 9.11. The summed E-state index contributed by atoms with van der Waals surface area (Å²) in [5.74, 6) is -0.783. The van der Waals surface area contributed by atoms with Crippen LogP contribution in [0.1, 0.15) is 18.7 Å². The standard InChI is InChI=1S/C33H36F2N6O4S/c1-4-28(42)40-10-11-41-26(20(40)2)17-25(37-41)31-30(29-24(35)15-21(34)16-27(29)45-13-12-43-3)32-23(5-14-46-32)33(36-31)39-8-6-38(7-9-39)22-18-44-19-22/h4-5,14-17,20,22H,1,6-13,18-19H2,2-3H3/t20-/m1/s1. The van der Waals surface area contributed by atoms with Crippen LogP contribution in [0.25, 0.3) is 32.6 Å². The molecule has 4 aromatic rings. The van der Waals surface area contributed by atoms with E-state index in [1.54, 1.807) is 4.90 Å². The Balaban J connectivity index is 1.39. The number of benzene rings is 1. The molecule has 0 N–H and O–H groups in total. The zero-order valence-corrected chi connectivity index (χ0v) is 26.7. The summed E-state index contributed by atoms with van der Waals surface area (Å²) in [5.41, 5.74) is 2.46. The lowest BCUT2D eigenvalue weighted by molar-refractivity contribution is -0.129. The van der Waals surface area contributed by atoms with Gasteiger partial charge in [0.25, 0.3) is 0 Å². The van der Waals surface area contributed by atoms with E-state index in [4.69, 9.17) is 24.3 Å². The van der Waals surface area contributed by atoms with Crippen LogP contribution < -0.4 is 9.64 Å². The van der Waals surface area contributed by atoms with Gasteiger partial charge in [-0.2, -0.15) is 5.10 Å². The molecule has 10 nitrogen and oxygen atoms in total. The molecule has 1 atom stereocenters. The summed E-state index contributed by atoms with van der Waals surface area (Å²) in [6.07, 6.45) is 1.32. The Kier molecular flexibility index (Phi) is 8.49. The van der Waals surface area contributed by atoms with Gasteiger partial charge in [-0.25, -0.2) is 13.8 Å². The number of thiophene rings is 1. The molecule has 0 spiro atoms. The van der Waals surface area contributed by atoms with Gasteiger partial charge in [0, 0.05) is 67.6 Å². The summed E-state index contributed by atoms with van der Waals surface area (Å²) >= 11 is 1.47. The van der Waals surface area contributed by atoms with E-state index in [0.29, 0.717) is 36.1 Å². The fourth-order valence-electron chi connectivity index (χ4n) is 6.58. The highest BCUT2D eigenvalue weighted by atomic mass is 32.1. The number of pyridine rings is 1. The van der Waals surface area contributed by atoms with Crippen LogP contribution in [0.4, 0.5) is 14.6 Å². The highest BCUT2D eigenvalue weighted by Gasteiger charge is 2.33. The average molecular weight is 651 g/mol. The van der Waals surface area contributed by atoms with Crippen molar-refractivity contribution in [2.24, 2.45) is 0 Å². The molecule has 2 fully saturated rings. The fraction of sp³-hybridized carbons (Fsp3) is 0.424. The van der Waals surface area contributed by atoms with E-state index in [1.807, 2.05) is 29.1 Å². The van der Waals surface area contributed by atoms with E-state index in [9.17, 15) is 9.18 Å². The molecule has 0 unspecified atom stereocenters. The molecule has 2 saturated heterocycles. The molecule has 1 aromatic carbocycles. The SMILES string of the molecule is C=CC(=O)N1CCn2nc(-c3nc(N4CCN(C5COC5)CC4)c4ccsc4c3-c3c(F)cc(F)cc3OCCOC)cc2[C@H]1C. The molecular weight excluding hydrogens is 614 g/mol. The molecular formula is C33H36F2N6O4S. The lowest BCUT2D eigenvalue weighted by Gasteiger charge is -2.43. The molecule has 242 valence electrons. The molecule has 46 heavy (non-hydrogen) atoms. The lowest BCUT2D eigenvalue weighted by atomic mass is 9.98. The minimum atomic E-state index is -0.755. The second-order valence-electron chi connectivity index (χ2n) is 11.7. The lowest BCUT2D eigenvalue weighted by Crippen LogP contribution is -2.56. The Bertz CT molecular complexity index is 1780. The van der Waals surface area contributed by atoms with Crippen molar-refractivity contribution >= 4 is 33.1 Å². The number of hydrogen-bond acceptors (Lipinski definition) is 9. The van der Waals surface area contributed by atoms with E-state index < -0.39 is 11.6 Å². The van der Waals surface area contributed by atoms with Gasteiger partial charge in [0.2, 0.25) is 5.91 Å². The van der Waals surface area contributed by atoms with Crippen LogP contribution in [0.3, 0.4) is 0 Å². The van der Waals surface area contributed by atoms with Gasteiger partial charge < -0.3 is 24.0 Å². The van der Waals surface area contributed by atoms with E-state index in [0.717, 1.165) is 67.1 Å². The normalized spacial score (nSPS) is 18.9. The zero-order chi connectivity index (χ0) is 31.9. The molecule has 0 saturated carbocycles. The zero-order valence-electron chi connectivity index (χ0n) is 25.9. The summed E-state index contributed by atoms with van der Waals surface area (Å²) in [4.78, 5) is 24.3. The highest BCUT2D eigenvalue weighted by molar-refractivity contribution is 7.18. The van der Waals surface area contributed by atoms with Crippen LogP contribution in [0.2, 0.25) is 0 Å². The summed E-state index contributed by atoms with van der Waals surface area (Å²) in [5, 5.41) is 7.81. The molecule has 0 radical (unpaired) electrons. The van der Waals surface area contributed by atoms with Crippen LogP contribution in [0.5, 0.6) is 5.75 Å². The number of nitrogens with zero attached hydrogens (tertiary/aromatic N) is 6. The number of carbonyl (C=O) groups is 1.